The molecule has 0 fully saturated rings. The molecule has 2 aromatic rings. The number of nitrogens with zero attached hydrogens (tertiary/aromatic N) is 4. The maximum atomic E-state index is 12.1. The van der Waals surface area contributed by atoms with E-state index in [4.69, 9.17) is 4.74 Å². The molecule has 0 spiro atoms. The molecule has 0 aliphatic rings. The Bertz CT molecular complexity index is 653. The van der Waals surface area contributed by atoms with E-state index in [-0.39, 0.29) is 12.5 Å². The third-order valence-electron chi connectivity index (χ3n) is 3.18. The fourth-order valence-corrected chi connectivity index (χ4v) is 1.82. The number of aryl methyl sites for hydroxylation is 1. The van der Waals surface area contributed by atoms with Crippen LogP contribution < -0.4 is 10.1 Å². The van der Waals surface area contributed by atoms with Crippen LogP contribution in [0.1, 0.15) is 5.56 Å². The Morgan fingerprint density at radius 1 is 1.39 bits per heavy atom. The summed E-state index contributed by atoms with van der Waals surface area (Å²) in [6.07, 6.45) is 1.99. The van der Waals surface area contributed by atoms with E-state index in [1.54, 1.807) is 11.9 Å². The van der Waals surface area contributed by atoms with E-state index in [0.717, 1.165) is 5.75 Å². The molecule has 8 nitrogen and oxygen atoms in total. The molecule has 0 atom stereocenters. The zero-order valence-electron chi connectivity index (χ0n) is 13.1. The van der Waals surface area contributed by atoms with E-state index in [1.165, 1.54) is 16.4 Å². The Kier molecular flexibility index (Phi) is 5.67. The number of hydrogen-bond donors (Lipinski definition) is 1. The van der Waals surface area contributed by atoms with Crippen LogP contribution in [-0.2, 0) is 16.1 Å². The number of amides is 2. The summed E-state index contributed by atoms with van der Waals surface area (Å²) in [6.45, 7) is 2.92. The normalized spacial score (nSPS) is 10.2. The van der Waals surface area contributed by atoms with Crippen molar-refractivity contribution in [1.29, 1.82) is 0 Å². The molecular weight excluding hydrogens is 298 g/mol. The Balaban J connectivity index is 1.75. The third kappa shape index (κ3) is 5.10. The maximum absolute atomic E-state index is 12.1. The van der Waals surface area contributed by atoms with Crippen LogP contribution in [0.2, 0.25) is 0 Å². The zero-order chi connectivity index (χ0) is 16.7. The Morgan fingerprint density at radius 2 is 2.13 bits per heavy atom. The van der Waals surface area contributed by atoms with Gasteiger partial charge in [0, 0.05) is 7.05 Å². The number of benzene rings is 1. The summed E-state index contributed by atoms with van der Waals surface area (Å²) in [4.78, 5) is 23.9. The second-order valence-corrected chi connectivity index (χ2v) is 5.04. The van der Waals surface area contributed by atoms with Crippen molar-refractivity contribution in [3.63, 3.8) is 0 Å². The average Bonchev–Trinajstić information content (AvgIpc) is 2.96. The van der Waals surface area contributed by atoms with E-state index >= 15 is 0 Å². The molecule has 1 aromatic carbocycles. The fraction of sp³-hybridized carbons (Fsp3) is 0.333. The van der Waals surface area contributed by atoms with Gasteiger partial charge < -0.3 is 15.0 Å². The van der Waals surface area contributed by atoms with Crippen LogP contribution in [0.15, 0.2) is 30.5 Å². The summed E-state index contributed by atoms with van der Waals surface area (Å²) in [5.74, 6) is 0.954. The number of hydrogen-bond acceptors (Lipinski definition) is 5. The van der Waals surface area contributed by atoms with Crippen LogP contribution >= 0.6 is 0 Å². The molecule has 23 heavy (non-hydrogen) atoms. The molecule has 0 radical (unpaired) electrons. The Morgan fingerprint density at radius 3 is 2.83 bits per heavy atom. The largest absolute Gasteiger partial charge is 0.492 e. The molecule has 1 aromatic heterocycles. The third-order valence-corrected chi connectivity index (χ3v) is 3.18. The van der Waals surface area contributed by atoms with Crippen molar-refractivity contribution in [1.82, 2.24) is 19.9 Å². The fourth-order valence-electron chi connectivity index (χ4n) is 1.82. The summed E-state index contributed by atoms with van der Waals surface area (Å²) in [5, 5.41) is 9.83. The lowest BCUT2D eigenvalue weighted by atomic mass is 10.2. The van der Waals surface area contributed by atoms with Gasteiger partial charge in [-0.05, 0) is 19.1 Å². The van der Waals surface area contributed by atoms with Crippen LogP contribution in [0.5, 0.6) is 5.75 Å². The average molecular weight is 317 g/mol. The Labute approximate surface area is 134 Å². The first-order valence-corrected chi connectivity index (χ1v) is 7.12. The predicted molar refractivity (Wildman–Crippen MR) is 84.0 cm³/mol. The van der Waals surface area contributed by atoms with Crippen molar-refractivity contribution < 1.29 is 14.3 Å². The van der Waals surface area contributed by atoms with Gasteiger partial charge in [0.15, 0.2) is 5.82 Å². The van der Waals surface area contributed by atoms with Crippen LogP contribution in [-0.4, -0.2) is 52.4 Å². The van der Waals surface area contributed by atoms with Gasteiger partial charge in [-0.1, -0.05) is 22.9 Å². The predicted octanol–water partition coefficient (Wildman–Crippen LogP) is 0.692. The Hall–Kier alpha value is -2.90. The van der Waals surface area contributed by atoms with Crippen molar-refractivity contribution in [3.8, 4) is 5.75 Å². The lowest BCUT2D eigenvalue weighted by molar-refractivity contribution is -0.131. The van der Waals surface area contributed by atoms with Gasteiger partial charge >= 0.3 is 0 Å². The van der Waals surface area contributed by atoms with Crippen LogP contribution in [0.3, 0.4) is 0 Å². The highest BCUT2D eigenvalue weighted by atomic mass is 16.5. The standard InChI is InChI=1S/C15H19N5O3/c1-12-3-5-13(6-4-12)23-8-7-19(2)15(22)10-20-9-14(16-11-21)17-18-20/h3-6,9,11H,7-8,10H2,1-2H3,(H,16,21). The van der Waals surface area contributed by atoms with Crippen LogP contribution in [0.4, 0.5) is 5.82 Å². The van der Waals surface area contributed by atoms with Gasteiger partial charge in [0.25, 0.3) is 0 Å². The van der Waals surface area contributed by atoms with E-state index in [2.05, 4.69) is 15.6 Å². The molecule has 0 aliphatic heterocycles. The molecule has 0 aliphatic carbocycles. The molecule has 0 saturated heterocycles. The molecule has 8 heteroatoms. The number of anilines is 1. The van der Waals surface area contributed by atoms with Gasteiger partial charge in [-0.15, -0.1) is 5.10 Å². The van der Waals surface area contributed by atoms with Crippen molar-refractivity contribution in [2.75, 3.05) is 25.5 Å². The summed E-state index contributed by atoms with van der Waals surface area (Å²) >= 11 is 0. The number of likely N-dealkylation sites (N-methyl/N-ethyl adjacent to an activating group) is 1. The quantitative estimate of drug-likeness (QED) is 0.724. The smallest absolute Gasteiger partial charge is 0.244 e. The van der Waals surface area contributed by atoms with Gasteiger partial charge in [0.1, 0.15) is 18.9 Å². The number of nitrogens with one attached hydrogen (secondary N) is 1. The lowest BCUT2D eigenvalue weighted by Gasteiger charge is -2.17. The van der Waals surface area contributed by atoms with E-state index in [0.29, 0.717) is 25.4 Å². The highest BCUT2D eigenvalue weighted by molar-refractivity contribution is 5.75. The number of carbonyl (C=O) groups is 2. The minimum atomic E-state index is -0.125. The number of carbonyl (C=O) groups excluding carboxylic acids is 2. The molecule has 2 rings (SSSR count). The van der Waals surface area contributed by atoms with Crippen LogP contribution in [0, 0.1) is 6.92 Å². The highest BCUT2D eigenvalue weighted by Gasteiger charge is 2.11. The van der Waals surface area contributed by atoms with Crippen molar-refractivity contribution >= 4 is 18.1 Å². The summed E-state index contributed by atoms with van der Waals surface area (Å²) in [7, 11) is 1.70. The first-order valence-electron chi connectivity index (χ1n) is 7.12. The van der Waals surface area contributed by atoms with Crippen LogP contribution in [0.25, 0.3) is 0 Å². The SMILES string of the molecule is Cc1ccc(OCCN(C)C(=O)Cn2cc(NC=O)nn2)cc1. The van der Waals surface area contributed by atoms with E-state index in [1.807, 2.05) is 31.2 Å². The van der Waals surface area contributed by atoms with Crippen molar-refractivity contribution in [2.24, 2.45) is 0 Å². The molecule has 0 unspecified atom stereocenters. The zero-order valence-corrected chi connectivity index (χ0v) is 13.1. The highest BCUT2D eigenvalue weighted by Crippen LogP contribution is 2.11. The molecule has 122 valence electrons. The molecule has 2 amide bonds. The van der Waals surface area contributed by atoms with Crippen molar-refractivity contribution in [3.05, 3.63) is 36.0 Å². The second kappa shape index (κ2) is 7.92. The summed E-state index contributed by atoms with van der Waals surface area (Å²) in [6, 6.07) is 7.74. The summed E-state index contributed by atoms with van der Waals surface area (Å²) in [5.41, 5.74) is 1.17. The number of ether oxygens (including phenoxy) is 1. The molecule has 0 bridgehead atoms. The molecular formula is C15H19N5O3. The van der Waals surface area contributed by atoms with Gasteiger partial charge in [0.05, 0.1) is 12.7 Å². The van der Waals surface area contributed by atoms with Gasteiger partial charge in [0.2, 0.25) is 12.3 Å². The van der Waals surface area contributed by atoms with E-state index < -0.39 is 0 Å². The number of rotatable bonds is 8. The molecule has 0 saturated carbocycles. The van der Waals surface area contributed by atoms with Crippen molar-refractivity contribution in [2.45, 2.75) is 13.5 Å². The topological polar surface area (TPSA) is 89.4 Å². The van der Waals surface area contributed by atoms with E-state index in [9.17, 15) is 9.59 Å². The molecule has 1 heterocycles. The minimum absolute atomic E-state index is 0.0502. The molecule has 1 N–H and O–H groups in total. The monoisotopic (exact) mass is 317 g/mol. The summed E-state index contributed by atoms with van der Waals surface area (Å²) < 4.78 is 6.96. The first kappa shape index (κ1) is 16.5. The second-order valence-electron chi connectivity index (χ2n) is 5.04. The van der Waals surface area contributed by atoms with Gasteiger partial charge in [-0.3, -0.25) is 9.59 Å². The first-order chi connectivity index (χ1) is 11.1. The maximum Gasteiger partial charge on any atom is 0.244 e. The lowest BCUT2D eigenvalue weighted by Crippen LogP contribution is -2.33. The minimum Gasteiger partial charge on any atom is -0.492 e. The van der Waals surface area contributed by atoms with Gasteiger partial charge in [-0.25, -0.2) is 4.68 Å². The number of aromatic nitrogens is 3. The van der Waals surface area contributed by atoms with Gasteiger partial charge in [-0.2, -0.15) is 0 Å².